The molecule has 0 aliphatic rings. The molecule has 2 nitrogen and oxygen atoms in total. The van der Waals surface area contributed by atoms with Crippen molar-refractivity contribution in [3.8, 4) is 5.75 Å². The summed E-state index contributed by atoms with van der Waals surface area (Å²) < 4.78 is 8.63. The van der Waals surface area contributed by atoms with Crippen molar-refractivity contribution < 1.29 is 9.84 Å². The molecule has 1 rings (SSSR count). The van der Waals surface area contributed by atoms with Gasteiger partial charge in [-0.15, -0.1) is 0 Å². The van der Waals surface area contributed by atoms with Gasteiger partial charge in [-0.2, -0.15) is 0 Å². The van der Waals surface area contributed by atoms with Gasteiger partial charge in [0.2, 0.25) is 0 Å². The van der Waals surface area contributed by atoms with Crippen LogP contribution in [0.3, 0.4) is 0 Å². The molecule has 0 saturated carbocycles. The number of aliphatic hydroxyl groups is 1. The maximum atomic E-state index is 8.52. The minimum absolute atomic E-state index is 0.105. The van der Waals surface area contributed by atoms with Crippen molar-refractivity contribution in [3.63, 3.8) is 0 Å². The molecule has 0 amide bonds. The number of allylic oxidation sites excluding steroid dienone is 2. The van der Waals surface area contributed by atoms with Gasteiger partial charge in [0.25, 0.3) is 0 Å². The normalized spacial score (nSPS) is 11.3. The van der Waals surface area contributed by atoms with E-state index in [1.54, 1.807) is 13.2 Å². The summed E-state index contributed by atoms with van der Waals surface area (Å²) >= 11 is -0.254. The number of aliphatic hydroxyl groups excluding tert-OH is 1. The Morgan fingerprint density at radius 1 is 1.27 bits per heavy atom. The third-order valence-corrected chi connectivity index (χ3v) is 4.09. The van der Waals surface area contributed by atoms with E-state index in [9.17, 15) is 0 Å². The van der Waals surface area contributed by atoms with Crippen LogP contribution in [-0.2, 0) is 0 Å². The summed E-state index contributed by atoms with van der Waals surface area (Å²) in [5, 5.41) is 8.52. The van der Waals surface area contributed by atoms with Crippen molar-refractivity contribution in [1.29, 1.82) is 0 Å². The van der Waals surface area contributed by atoms with E-state index in [0.29, 0.717) is 0 Å². The number of ether oxygens (including phenoxy) is 1. The van der Waals surface area contributed by atoms with E-state index in [-0.39, 0.29) is 27.5 Å². The standard InChI is InChI=1S/C12H14O2Te/c1-14-11-5-7-12(8-6-11)15-10-4-2-3-9-13/h2-8,10,13H,9H2,1H3/b3-2+,10-4-. The summed E-state index contributed by atoms with van der Waals surface area (Å²) in [5.41, 5.74) is 0. The molecule has 0 aliphatic heterocycles. The average Bonchev–Trinajstić information content (AvgIpc) is 2.30. The number of hydrogen-bond acceptors (Lipinski definition) is 2. The Morgan fingerprint density at radius 3 is 2.60 bits per heavy atom. The molecule has 15 heavy (non-hydrogen) atoms. The monoisotopic (exact) mass is 320 g/mol. The molecule has 1 N–H and O–H groups in total. The number of rotatable bonds is 5. The van der Waals surface area contributed by atoms with Crippen LogP contribution in [0, 0.1) is 0 Å². The minimum atomic E-state index is -0.254. The second-order valence-corrected chi connectivity index (χ2v) is 5.53. The zero-order valence-corrected chi connectivity index (χ0v) is 10.9. The summed E-state index contributed by atoms with van der Waals surface area (Å²) in [6, 6.07) is 8.16. The van der Waals surface area contributed by atoms with E-state index in [0.717, 1.165) is 5.75 Å². The van der Waals surface area contributed by atoms with Gasteiger partial charge in [-0.3, -0.25) is 0 Å². The van der Waals surface area contributed by atoms with E-state index in [1.165, 1.54) is 3.61 Å². The van der Waals surface area contributed by atoms with E-state index >= 15 is 0 Å². The van der Waals surface area contributed by atoms with Gasteiger partial charge in [0.1, 0.15) is 0 Å². The second kappa shape index (κ2) is 7.53. The Bertz CT molecular complexity index is 328. The maximum absolute atomic E-state index is 8.52. The first kappa shape index (κ1) is 12.3. The molecule has 1 aromatic carbocycles. The Morgan fingerprint density at radius 2 is 2.00 bits per heavy atom. The SMILES string of the molecule is COc1ccc([Te]/C=C\C=C\CO)cc1. The number of benzene rings is 1. The number of methoxy groups -OCH3 is 1. The fraction of sp³-hybridized carbons (Fsp3) is 0.167. The van der Waals surface area contributed by atoms with Gasteiger partial charge in [-0.1, -0.05) is 0 Å². The Hall–Kier alpha value is -0.750. The first-order valence-corrected chi connectivity index (χ1v) is 7.11. The van der Waals surface area contributed by atoms with Crippen molar-refractivity contribution in [1.82, 2.24) is 0 Å². The Balaban J connectivity index is 2.44. The average molecular weight is 318 g/mol. The van der Waals surface area contributed by atoms with Gasteiger partial charge in [0.05, 0.1) is 0 Å². The molecule has 0 heterocycles. The van der Waals surface area contributed by atoms with E-state index in [2.05, 4.69) is 16.3 Å². The van der Waals surface area contributed by atoms with E-state index in [1.807, 2.05) is 24.3 Å². The van der Waals surface area contributed by atoms with E-state index in [4.69, 9.17) is 9.84 Å². The first-order chi connectivity index (χ1) is 7.36. The fourth-order valence-corrected chi connectivity index (χ4v) is 2.73. The van der Waals surface area contributed by atoms with Gasteiger partial charge in [-0.05, 0) is 0 Å². The molecule has 1 aromatic rings. The Labute approximate surface area is 100 Å². The fourth-order valence-electron chi connectivity index (χ4n) is 0.957. The molecule has 0 spiro atoms. The third kappa shape index (κ3) is 5.03. The van der Waals surface area contributed by atoms with Crippen molar-refractivity contribution >= 4 is 24.5 Å². The first-order valence-electron chi connectivity index (χ1n) is 4.60. The predicted octanol–water partition coefficient (Wildman–Crippen LogP) is 1.09. The molecule has 0 unspecified atom stereocenters. The van der Waals surface area contributed by atoms with Crippen LogP contribution in [0.25, 0.3) is 0 Å². The van der Waals surface area contributed by atoms with Crippen LogP contribution in [0.2, 0.25) is 0 Å². The van der Waals surface area contributed by atoms with Crippen LogP contribution in [0.5, 0.6) is 5.75 Å². The molecule has 0 aliphatic carbocycles. The molecule has 0 bridgehead atoms. The molecule has 0 fully saturated rings. The summed E-state index contributed by atoms with van der Waals surface area (Å²) in [6.45, 7) is 0.105. The molecule has 0 saturated heterocycles. The van der Waals surface area contributed by atoms with Crippen LogP contribution < -0.4 is 8.35 Å². The van der Waals surface area contributed by atoms with Gasteiger partial charge in [-0.25, -0.2) is 0 Å². The zero-order valence-electron chi connectivity index (χ0n) is 8.59. The third-order valence-electron chi connectivity index (χ3n) is 1.69. The van der Waals surface area contributed by atoms with Crippen molar-refractivity contribution in [3.05, 3.63) is 46.6 Å². The quantitative estimate of drug-likeness (QED) is 0.651. The molecular formula is C12H14O2Te. The summed E-state index contributed by atoms with van der Waals surface area (Å²) in [4.78, 5) is 0. The van der Waals surface area contributed by atoms with Gasteiger partial charge in [0, 0.05) is 0 Å². The van der Waals surface area contributed by atoms with Crippen LogP contribution in [0.4, 0.5) is 0 Å². The molecule has 0 atom stereocenters. The van der Waals surface area contributed by atoms with Gasteiger partial charge < -0.3 is 0 Å². The van der Waals surface area contributed by atoms with Gasteiger partial charge in [0.15, 0.2) is 0 Å². The van der Waals surface area contributed by atoms with E-state index < -0.39 is 0 Å². The van der Waals surface area contributed by atoms with Crippen LogP contribution in [0.15, 0.2) is 46.6 Å². The van der Waals surface area contributed by atoms with Gasteiger partial charge >= 0.3 is 100 Å². The summed E-state index contributed by atoms with van der Waals surface area (Å²) in [6.07, 6.45) is 5.58. The van der Waals surface area contributed by atoms with Crippen molar-refractivity contribution in [2.75, 3.05) is 13.7 Å². The molecule has 0 aromatic heterocycles. The van der Waals surface area contributed by atoms with Crippen LogP contribution in [0.1, 0.15) is 0 Å². The summed E-state index contributed by atoms with van der Waals surface area (Å²) in [7, 11) is 1.67. The predicted molar refractivity (Wildman–Crippen MR) is 63.7 cm³/mol. The Kier molecular flexibility index (Phi) is 6.18. The van der Waals surface area contributed by atoms with Crippen LogP contribution in [-0.4, -0.2) is 39.7 Å². The van der Waals surface area contributed by atoms with Crippen molar-refractivity contribution in [2.24, 2.45) is 0 Å². The molecule has 3 heteroatoms. The summed E-state index contributed by atoms with van der Waals surface area (Å²) in [5.74, 6) is 0.898. The van der Waals surface area contributed by atoms with Crippen molar-refractivity contribution in [2.45, 2.75) is 0 Å². The molecule has 80 valence electrons. The second-order valence-electron chi connectivity index (χ2n) is 2.73. The zero-order chi connectivity index (χ0) is 10.9. The van der Waals surface area contributed by atoms with Crippen LogP contribution >= 0.6 is 0 Å². The molecular weight excluding hydrogens is 304 g/mol. The molecule has 0 radical (unpaired) electrons. The topological polar surface area (TPSA) is 29.5 Å². The number of hydrogen-bond donors (Lipinski definition) is 1.